The van der Waals surface area contributed by atoms with E-state index in [1.54, 1.807) is 19.9 Å². The number of nitrogens with one attached hydrogen (secondary N) is 1. The van der Waals surface area contributed by atoms with Crippen molar-refractivity contribution in [1.29, 1.82) is 0 Å². The summed E-state index contributed by atoms with van der Waals surface area (Å²) in [5.41, 5.74) is 0.822. The summed E-state index contributed by atoms with van der Waals surface area (Å²) in [5.74, 6) is -1.61. The minimum atomic E-state index is -1.96. The number of aryl methyl sites for hydroxylation is 1. The van der Waals surface area contributed by atoms with Gasteiger partial charge in [-0.1, -0.05) is 6.92 Å². The number of aliphatic hydroxyl groups is 2. The Kier molecular flexibility index (Phi) is 4.98. The van der Waals surface area contributed by atoms with E-state index >= 15 is 4.39 Å². The molecule has 2 atom stereocenters. The van der Waals surface area contributed by atoms with Crippen molar-refractivity contribution in [3.63, 3.8) is 0 Å². The van der Waals surface area contributed by atoms with E-state index < -0.39 is 29.1 Å². The van der Waals surface area contributed by atoms with E-state index in [-0.39, 0.29) is 42.1 Å². The van der Waals surface area contributed by atoms with Crippen molar-refractivity contribution in [1.82, 2.24) is 14.9 Å². The van der Waals surface area contributed by atoms with Crippen LogP contribution in [0.4, 0.5) is 4.39 Å². The van der Waals surface area contributed by atoms with Gasteiger partial charge in [-0.25, -0.2) is 14.2 Å². The summed E-state index contributed by atoms with van der Waals surface area (Å²) in [6.45, 7) is 3.30. The van der Waals surface area contributed by atoms with Crippen molar-refractivity contribution >= 4 is 22.8 Å². The number of benzene rings is 1. The average Bonchev–Trinajstić information content (AvgIpc) is 3.27. The van der Waals surface area contributed by atoms with Gasteiger partial charge in [-0.3, -0.25) is 9.59 Å². The highest BCUT2D eigenvalue weighted by Gasteiger charge is 2.47. The molecule has 4 aliphatic rings. The molecule has 202 valence electrons. The number of nitrogens with zero attached hydrogens (tertiary/aromatic N) is 2. The maximum absolute atomic E-state index is 15.0. The monoisotopic (exact) mass is 533 g/mol. The fourth-order valence-electron chi connectivity index (χ4n) is 6.73. The molecule has 2 aromatic heterocycles. The Morgan fingerprint density at radius 3 is 2.69 bits per heavy atom. The zero-order valence-corrected chi connectivity index (χ0v) is 21.7. The molecule has 2 unspecified atom stereocenters. The molecule has 1 amide bonds. The quantitative estimate of drug-likeness (QED) is 0.345. The Morgan fingerprint density at radius 2 is 2.00 bits per heavy atom. The SMILES string of the molecule is CCC1(O)C(=O)OCc2c1cc1n(c2=O)Cc2c-1nc1cc(F)c(C)c3c1c2C(NC(=O)C1(O)CCC1)CC3. The van der Waals surface area contributed by atoms with Gasteiger partial charge < -0.3 is 24.8 Å². The molecule has 4 heterocycles. The topological polar surface area (TPSA) is 131 Å². The highest BCUT2D eigenvalue weighted by molar-refractivity contribution is 5.94. The molecular formula is C29H28FN3O6. The molecule has 7 rings (SSSR count). The average molecular weight is 534 g/mol. The molecule has 39 heavy (non-hydrogen) atoms. The minimum absolute atomic E-state index is 0.0237. The van der Waals surface area contributed by atoms with Gasteiger partial charge in [0.15, 0.2) is 5.60 Å². The van der Waals surface area contributed by atoms with Crippen LogP contribution in [0.2, 0.25) is 0 Å². The van der Waals surface area contributed by atoms with Crippen molar-refractivity contribution < 1.29 is 28.9 Å². The van der Waals surface area contributed by atoms with Crippen molar-refractivity contribution in [2.75, 3.05) is 0 Å². The molecule has 1 aromatic carbocycles. The van der Waals surface area contributed by atoms with E-state index in [0.717, 1.165) is 28.5 Å². The molecule has 1 saturated carbocycles. The third kappa shape index (κ3) is 3.12. The number of hydrogen-bond acceptors (Lipinski definition) is 7. The van der Waals surface area contributed by atoms with E-state index in [1.165, 1.54) is 10.6 Å². The molecule has 0 saturated heterocycles. The van der Waals surface area contributed by atoms with Crippen LogP contribution < -0.4 is 10.9 Å². The maximum atomic E-state index is 15.0. The van der Waals surface area contributed by atoms with Crippen LogP contribution >= 0.6 is 0 Å². The lowest BCUT2D eigenvalue weighted by atomic mass is 9.78. The molecule has 0 spiro atoms. The molecule has 1 fully saturated rings. The van der Waals surface area contributed by atoms with Crippen LogP contribution in [0.5, 0.6) is 0 Å². The second kappa shape index (κ2) is 7.95. The first-order chi connectivity index (χ1) is 18.6. The van der Waals surface area contributed by atoms with Gasteiger partial charge in [0.05, 0.1) is 35.1 Å². The van der Waals surface area contributed by atoms with Crippen LogP contribution in [-0.4, -0.2) is 37.2 Å². The number of pyridine rings is 2. The fourth-order valence-corrected chi connectivity index (χ4v) is 6.73. The highest BCUT2D eigenvalue weighted by Crippen LogP contribution is 2.46. The zero-order chi connectivity index (χ0) is 27.4. The largest absolute Gasteiger partial charge is 0.458 e. The first kappa shape index (κ1) is 24.4. The normalized spacial score (nSPS) is 23.9. The Bertz CT molecular complexity index is 1710. The van der Waals surface area contributed by atoms with Crippen LogP contribution in [0.15, 0.2) is 16.9 Å². The lowest BCUT2D eigenvalue weighted by Crippen LogP contribution is -2.52. The molecule has 0 radical (unpaired) electrons. The lowest BCUT2D eigenvalue weighted by molar-refractivity contribution is -0.172. The summed E-state index contributed by atoms with van der Waals surface area (Å²) >= 11 is 0. The van der Waals surface area contributed by atoms with Crippen LogP contribution in [0.3, 0.4) is 0 Å². The number of cyclic esters (lactones) is 1. The van der Waals surface area contributed by atoms with Crippen LogP contribution in [0.25, 0.3) is 22.3 Å². The number of halogens is 1. The molecule has 2 aliphatic heterocycles. The van der Waals surface area contributed by atoms with E-state index in [0.29, 0.717) is 48.2 Å². The molecule has 10 heteroatoms. The van der Waals surface area contributed by atoms with Crippen LogP contribution in [0, 0.1) is 12.7 Å². The van der Waals surface area contributed by atoms with E-state index in [2.05, 4.69) is 5.32 Å². The number of rotatable bonds is 3. The van der Waals surface area contributed by atoms with Gasteiger partial charge in [-0.2, -0.15) is 0 Å². The number of ether oxygens (including phenoxy) is 1. The van der Waals surface area contributed by atoms with Gasteiger partial charge in [0.25, 0.3) is 11.5 Å². The minimum Gasteiger partial charge on any atom is -0.458 e. The van der Waals surface area contributed by atoms with E-state index in [9.17, 15) is 24.6 Å². The standard InChI is InChI=1S/C29H28FN3O6/c1-3-29(38)17-9-21-24-15(11-33(21)25(34)16(17)12-39-27(29)36)23-19(32-26(35)28(37)7-4-8-28)6-5-14-13(2)18(30)10-20(31-24)22(14)23/h9-10,19,37-38H,3-8,11-12H2,1-2H3,(H,32,35). The molecular weight excluding hydrogens is 505 g/mol. The van der Waals surface area contributed by atoms with Crippen molar-refractivity contribution in [2.24, 2.45) is 0 Å². The summed E-state index contributed by atoms with van der Waals surface area (Å²) in [6.07, 6.45) is 2.65. The summed E-state index contributed by atoms with van der Waals surface area (Å²) < 4.78 is 21.7. The Morgan fingerprint density at radius 1 is 1.23 bits per heavy atom. The van der Waals surface area contributed by atoms with E-state index in [1.807, 2.05) is 0 Å². The summed E-state index contributed by atoms with van der Waals surface area (Å²) in [7, 11) is 0. The highest BCUT2D eigenvalue weighted by atomic mass is 19.1. The van der Waals surface area contributed by atoms with Crippen LogP contribution in [-0.2, 0) is 39.5 Å². The number of carbonyl (C=O) groups is 2. The van der Waals surface area contributed by atoms with Gasteiger partial charge in [0, 0.05) is 22.6 Å². The number of aromatic nitrogens is 2. The molecule has 0 bridgehead atoms. The molecule has 3 aromatic rings. The third-order valence-corrected chi connectivity index (χ3v) is 9.29. The number of amides is 1. The summed E-state index contributed by atoms with van der Waals surface area (Å²) in [6, 6.07) is 2.54. The van der Waals surface area contributed by atoms with Crippen molar-refractivity contribution in [3.8, 4) is 11.4 Å². The number of esters is 1. The van der Waals surface area contributed by atoms with Gasteiger partial charge >= 0.3 is 5.97 Å². The summed E-state index contributed by atoms with van der Waals surface area (Å²) in [4.78, 5) is 44.1. The predicted molar refractivity (Wildman–Crippen MR) is 137 cm³/mol. The van der Waals surface area contributed by atoms with Crippen LogP contribution in [0.1, 0.15) is 78.5 Å². The summed E-state index contributed by atoms with van der Waals surface area (Å²) in [5, 5.41) is 25.7. The fraction of sp³-hybridized carbons (Fsp3) is 0.448. The number of hydrogen-bond donors (Lipinski definition) is 3. The van der Waals surface area contributed by atoms with Gasteiger partial charge in [0.2, 0.25) is 0 Å². The Hall–Kier alpha value is -3.63. The van der Waals surface area contributed by atoms with Crippen molar-refractivity contribution in [2.45, 2.75) is 82.8 Å². The van der Waals surface area contributed by atoms with Gasteiger partial charge in [0.1, 0.15) is 18.0 Å². The van der Waals surface area contributed by atoms with Gasteiger partial charge in [-0.05, 0) is 68.2 Å². The van der Waals surface area contributed by atoms with Crippen molar-refractivity contribution in [3.05, 3.63) is 61.7 Å². The second-order valence-electron chi connectivity index (χ2n) is 11.3. The number of carbonyl (C=O) groups excluding carboxylic acids is 2. The number of fused-ring (bicyclic) bond motifs is 5. The lowest BCUT2D eigenvalue weighted by Gasteiger charge is -2.37. The first-order valence-corrected chi connectivity index (χ1v) is 13.4. The second-order valence-corrected chi connectivity index (χ2v) is 11.3. The van der Waals surface area contributed by atoms with Gasteiger partial charge in [-0.15, -0.1) is 0 Å². The first-order valence-electron chi connectivity index (χ1n) is 13.4. The third-order valence-electron chi connectivity index (χ3n) is 9.29. The zero-order valence-electron chi connectivity index (χ0n) is 21.7. The Balaban J connectivity index is 1.47. The molecule has 3 N–H and O–H groups in total. The smallest absolute Gasteiger partial charge is 0.343 e. The van der Waals surface area contributed by atoms with E-state index in [4.69, 9.17) is 9.72 Å². The Labute approximate surface area is 222 Å². The molecule has 2 aliphatic carbocycles. The predicted octanol–water partition coefficient (Wildman–Crippen LogP) is 2.55. The molecule has 9 nitrogen and oxygen atoms in total. The maximum Gasteiger partial charge on any atom is 0.343 e.